The highest BCUT2D eigenvalue weighted by Crippen LogP contribution is 2.19. The maximum Gasteiger partial charge on any atom is 0.323 e. The Morgan fingerprint density at radius 2 is 1.95 bits per heavy atom. The lowest BCUT2D eigenvalue weighted by Gasteiger charge is -2.32. The summed E-state index contributed by atoms with van der Waals surface area (Å²) in [6.07, 6.45) is 1.18. The lowest BCUT2D eigenvalue weighted by Crippen LogP contribution is -2.46. The van der Waals surface area contributed by atoms with Crippen molar-refractivity contribution in [2.45, 2.75) is 38.0 Å². The molecule has 0 aromatic heterocycles. The minimum atomic E-state index is -3.76. The molecular formula is C12H23NO6S. The summed E-state index contributed by atoms with van der Waals surface area (Å²) in [6.45, 7) is 5.39. The van der Waals surface area contributed by atoms with E-state index >= 15 is 0 Å². The first-order valence-electron chi connectivity index (χ1n) is 6.80. The molecule has 1 unspecified atom stereocenters. The van der Waals surface area contributed by atoms with E-state index in [9.17, 15) is 13.2 Å². The van der Waals surface area contributed by atoms with Crippen molar-refractivity contribution in [3.05, 3.63) is 0 Å². The van der Waals surface area contributed by atoms with Gasteiger partial charge < -0.3 is 14.6 Å². The van der Waals surface area contributed by atoms with Crippen LogP contribution >= 0.6 is 0 Å². The third-order valence-electron chi connectivity index (χ3n) is 3.34. The highest BCUT2D eigenvalue weighted by atomic mass is 32.2. The number of nitrogens with zero attached hydrogens (tertiary/aromatic N) is 1. The minimum absolute atomic E-state index is 0.0158. The van der Waals surface area contributed by atoms with Gasteiger partial charge in [0.15, 0.2) is 5.25 Å². The Morgan fingerprint density at radius 1 is 1.35 bits per heavy atom. The molecule has 0 radical (unpaired) electrons. The van der Waals surface area contributed by atoms with Gasteiger partial charge in [-0.15, -0.1) is 0 Å². The molecular weight excluding hydrogens is 286 g/mol. The number of hydrogen-bond donors (Lipinski definition) is 1. The predicted molar refractivity (Wildman–Crippen MR) is 73.1 cm³/mol. The fourth-order valence-electron chi connectivity index (χ4n) is 2.02. The van der Waals surface area contributed by atoms with E-state index in [1.807, 2.05) is 6.92 Å². The zero-order valence-electron chi connectivity index (χ0n) is 11.9. The number of carbonyl (C=O) groups is 1. The van der Waals surface area contributed by atoms with Crippen LogP contribution in [0.5, 0.6) is 0 Å². The summed E-state index contributed by atoms with van der Waals surface area (Å²) in [7, 11) is -3.76. The molecule has 1 heterocycles. The van der Waals surface area contributed by atoms with E-state index in [-0.39, 0.29) is 6.10 Å². The second-order valence-electron chi connectivity index (χ2n) is 4.69. The maximum atomic E-state index is 12.0. The molecule has 0 bridgehead atoms. The van der Waals surface area contributed by atoms with Crippen LogP contribution in [0.2, 0.25) is 0 Å². The molecule has 0 aromatic carbocycles. The number of sulfonamides is 1. The second kappa shape index (κ2) is 7.92. The summed E-state index contributed by atoms with van der Waals surface area (Å²) in [5.41, 5.74) is 0. The molecule has 1 rings (SSSR count). The Hall–Kier alpha value is -0.700. The first kappa shape index (κ1) is 17.4. The molecule has 20 heavy (non-hydrogen) atoms. The lowest BCUT2D eigenvalue weighted by molar-refractivity contribution is -0.136. The van der Waals surface area contributed by atoms with Crippen molar-refractivity contribution >= 4 is 16.0 Å². The highest BCUT2D eigenvalue weighted by Gasteiger charge is 2.36. The van der Waals surface area contributed by atoms with Gasteiger partial charge in [0, 0.05) is 19.7 Å². The van der Waals surface area contributed by atoms with Crippen molar-refractivity contribution in [1.29, 1.82) is 0 Å². The molecule has 1 N–H and O–H groups in total. The van der Waals surface area contributed by atoms with Crippen molar-refractivity contribution in [3.63, 3.8) is 0 Å². The lowest BCUT2D eigenvalue weighted by atomic mass is 10.1. The average molecular weight is 309 g/mol. The summed E-state index contributed by atoms with van der Waals surface area (Å²) < 4.78 is 36.0. The Morgan fingerprint density at radius 3 is 2.45 bits per heavy atom. The SMILES string of the molecule is CCOCCOC1CCN(S(=O)(=O)C(C)C(=O)O)CC1. The van der Waals surface area contributed by atoms with Gasteiger partial charge in [0.25, 0.3) is 0 Å². The van der Waals surface area contributed by atoms with Crippen LogP contribution in [-0.2, 0) is 24.3 Å². The van der Waals surface area contributed by atoms with Crippen LogP contribution in [0.3, 0.4) is 0 Å². The highest BCUT2D eigenvalue weighted by molar-refractivity contribution is 7.90. The molecule has 0 aromatic rings. The second-order valence-corrected chi connectivity index (χ2v) is 6.94. The van der Waals surface area contributed by atoms with Crippen LogP contribution in [-0.4, -0.2) is 68.1 Å². The van der Waals surface area contributed by atoms with Gasteiger partial charge >= 0.3 is 5.97 Å². The summed E-state index contributed by atoms with van der Waals surface area (Å²) in [5, 5.41) is 7.42. The summed E-state index contributed by atoms with van der Waals surface area (Å²) >= 11 is 0. The van der Waals surface area contributed by atoms with E-state index in [0.717, 1.165) is 0 Å². The fraction of sp³-hybridized carbons (Fsp3) is 0.917. The molecule has 1 saturated heterocycles. The number of piperidine rings is 1. The van der Waals surface area contributed by atoms with Gasteiger partial charge in [0.05, 0.1) is 19.3 Å². The van der Waals surface area contributed by atoms with Crippen molar-refractivity contribution < 1.29 is 27.8 Å². The Kier molecular flexibility index (Phi) is 6.87. The predicted octanol–water partition coefficient (Wildman–Crippen LogP) is 0.307. The first-order valence-corrected chi connectivity index (χ1v) is 8.31. The number of aliphatic carboxylic acids is 1. The van der Waals surface area contributed by atoms with Crippen LogP contribution in [0.1, 0.15) is 26.7 Å². The van der Waals surface area contributed by atoms with Gasteiger partial charge in [-0.3, -0.25) is 4.79 Å². The van der Waals surface area contributed by atoms with Gasteiger partial charge in [-0.05, 0) is 26.7 Å². The number of ether oxygens (including phenoxy) is 2. The molecule has 0 aliphatic carbocycles. The van der Waals surface area contributed by atoms with Crippen molar-refractivity contribution in [1.82, 2.24) is 4.31 Å². The summed E-state index contributed by atoms with van der Waals surface area (Å²) in [4.78, 5) is 10.8. The molecule has 7 nitrogen and oxygen atoms in total. The first-order chi connectivity index (χ1) is 9.39. The van der Waals surface area contributed by atoms with Crippen molar-refractivity contribution in [2.75, 3.05) is 32.9 Å². The standard InChI is InChI=1S/C12H23NO6S/c1-3-18-8-9-19-11-4-6-13(7-5-11)20(16,17)10(2)12(14)15/h10-11H,3-9H2,1-2H3,(H,14,15). The van der Waals surface area contributed by atoms with E-state index in [0.29, 0.717) is 45.8 Å². The van der Waals surface area contributed by atoms with Crippen molar-refractivity contribution in [3.8, 4) is 0 Å². The van der Waals surface area contributed by atoms with E-state index in [1.165, 1.54) is 11.2 Å². The molecule has 0 saturated carbocycles. The van der Waals surface area contributed by atoms with Crippen molar-refractivity contribution in [2.24, 2.45) is 0 Å². The number of carboxylic acids is 1. The number of carboxylic acid groups (broad SMARTS) is 1. The number of rotatable bonds is 8. The monoisotopic (exact) mass is 309 g/mol. The Labute approximate surface area is 119 Å². The molecule has 1 atom stereocenters. The maximum absolute atomic E-state index is 12.0. The van der Waals surface area contributed by atoms with Gasteiger partial charge in [0.2, 0.25) is 10.0 Å². The van der Waals surface area contributed by atoms with Crippen LogP contribution in [0.4, 0.5) is 0 Å². The third kappa shape index (κ3) is 4.69. The van der Waals surface area contributed by atoms with E-state index in [1.54, 1.807) is 0 Å². The summed E-state index contributed by atoms with van der Waals surface area (Å²) in [6, 6.07) is 0. The zero-order valence-corrected chi connectivity index (χ0v) is 12.8. The average Bonchev–Trinajstić information content (AvgIpc) is 2.43. The van der Waals surface area contributed by atoms with Crippen LogP contribution in [0.25, 0.3) is 0 Å². The smallest absolute Gasteiger partial charge is 0.323 e. The van der Waals surface area contributed by atoms with Gasteiger partial charge in [-0.25, -0.2) is 12.7 Å². The van der Waals surface area contributed by atoms with Gasteiger partial charge in [0.1, 0.15) is 0 Å². The molecule has 118 valence electrons. The molecule has 0 spiro atoms. The molecule has 1 aliphatic heterocycles. The molecule has 1 fully saturated rings. The zero-order chi connectivity index (χ0) is 15.2. The summed E-state index contributed by atoms with van der Waals surface area (Å²) in [5.74, 6) is -1.32. The normalized spacial score (nSPS) is 19.9. The quantitative estimate of drug-likeness (QED) is 0.649. The van der Waals surface area contributed by atoms with Crippen LogP contribution in [0.15, 0.2) is 0 Å². The Balaban J connectivity index is 2.40. The Bertz CT molecular complexity index is 402. The van der Waals surface area contributed by atoms with E-state index < -0.39 is 21.2 Å². The van der Waals surface area contributed by atoms with Crippen LogP contribution < -0.4 is 0 Å². The van der Waals surface area contributed by atoms with Crippen LogP contribution in [0, 0.1) is 0 Å². The third-order valence-corrected chi connectivity index (χ3v) is 5.52. The number of hydrogen-bond acceptors (Lipinski definition) is 5. The van der Waals surface area contributed by atoms with Gasteiger partial charge in [-0.2, -0.15) is 0 Å². The van der Waals surface area contributed by atoms with E-state index in [4.69, 9.17) is 14.6 Å². The largest absolute Gasteiger partial charge is 0.480 e. The molecule has 8 heteroatoms. The van der Waals surface area contributed by atoms with Gasteiger partial charge in [-0.1, -0.05) is 0 Å². The van der Waals surface area contributed by atoms with E-state index in [2.05, 4.69) is 0 Å². The topological polar surface area (TPSA) is 93.1 Å². The molecule has 1 aliphatic rings. The fourth-order valence-corrected chi connectivity index (χ4v) is 3.44. The minimum Gasteiger partial charge on any atom is -0.480 e. The molecule has 0 amide bonds.